The number of hydrogen-bond acceptors (Lipinski definition) is 8. The Balaban J connectivity index is 1.54. The number of benzene rings is 1. The van der Waals surface area contributed by atoms with Crippen LogP contribution in [0, 0.1) is 0 Å². The second-order valence-corrected chi connectivity index (χ2v) is 7.49. The standard InChI is InChI=1S/C17H14ClN7O3S/c18-10-3-1-9(2-4-10)12(26)5-25-22-13(21-23-25)6-24-8-20-16-14(17(24)28)11(7-29-16)15(19)27/h1-4,7-8,12,26H,5-6H2,(H2,19,27)/t12-/m0/s1. The summed E-state index contributed by atoms with van der Waals surface area (Å²) in [5.74, 6) is -0.430. The minimum Gasteiger partial charge on any atom is -0.386 e. The largest absolute Gasteiger partial charge is 0.386 e. The second kappa shape index (κ2) is 7.70. The normalized spacial score (nSPS) is 12.3. The van der Waals surface area contributed by atoms with Crippen molar-refractivity contribution in [3.8, 4) is 0 Å². The van der Waals surface area contributed by atoms with Crippen molar-refractivity contribution in [3.63, 3.8) is 0 Å². The number of nitrogens with zero attached hydrogens (tertiary/aromatic N) is 6. The fourth-order valence-electron chi connectivity index (χ4n) is 2.78. The van der Waals surface area contributed by atoms with Gasteiger partial charge in [-0.15, -0.1) is 21.5 Å². The Hall–Kier alpha value is -3.15. The van der Waals surface area contributed by atoms with Crippen LogP contribution in [-0.4, -0.2) is 40.8 Å². The number of aliphatic hydroxyl groups excluding tert-OH is 1. The van der Waals surface area contributed by atoms with Crippen LogP contribution < -0.4 is 11.3 Å². The lowest BCUT2D eigenvalue weighted by molar-refractivity contribution is 0.100. The van der Waals surface area contributed by atoms with Gasteiger partial charge in [-0.3, -0.25) is 14.2 Å². The zero-order valence-electron chi connectivity index (χ0n) is 14.8. The summed E-state index contributed by atoms with van der Waals surface area (Å²) in [5, 5.41) is 24.6. The molecule has 1 amide bonds. The van der Waals surface area contributed by atoms with Gasteiger partial charge >= 0.3 is 0 Å². The molecule has 3 aromatic heterocycles. The van der Waals surface area contributed by atoms with Gasteiger partial charge in [-0.1, -0.05) is 23.7 Å². The van der Waals surface area contributed by atoms with Crippen molar-refractivity contribution in [2.45, 2.75) is 19.2 Å². The van der Waals surface area contributed by atoms with Gasteiger partial charge < -0.3 is 10.8 Å². The minimum absolute atomic E-state index is 0.00681. The molecule has 1 aromatic carbocycles. The number of carbonyl (C=O) groups is 1. The summed E-state index contributed by atoms with van der Waals surface area (Å²) in [6, 6.07) is 6.78. The molecule has 0 bridgehead atoms. The van der Waals surface area contributed by atoms with Crippen LogP contribution in [0.15, 0.2) is 40.8 Å². The number of nitrogens with two attached hydrogens (primary N) is 1. The molecule has 0 radical (unpaired) electrons. The van der Waals surface area contributed by atoms with Crippen LogP contribution in [0.4, 0.5) is 0 Å². The smallest absolute Gasteiger partial charge is 0.263 e. The van der Waals surface area contributed by atoms with Crippen LogP contribution in [-0.2, 0) is 13.1 Å². The van der Waals surface area contributed by atoms with E-state index in [0.29, 0.717) is 15.4 Å². The average molecular weight is 432 g/mol. The van der Waals surface area contributed by atoms with E-state index in [1.165, 1.54) is 32.4 Å². The van der Waals surface area contributed by atoms with Crippen LogP contribution in [0.2, 0.25) is 5.02 Å². The molecule has 12 heteroatoms. The Kier molecular flexibility index (Phi) is 5.09. The third-order valence-corrected chi connectivity index (χ3v) is 5.36. The fraction of sp³-hybridized carbons (Fsp3) is 0.176. The Morgan fingerprint density at radius 2 is 2.07 bits per heavy atom. The number of carbonyl (C=O) groups excluding carboxylic acids is 1. The van der Waals surface area contributed by atoms with Crippen molar-refractivity contribution < 1.29 is 9.90 Å². The lowest BCUT2D eigenvalue weighted by Gasteiger charge is -2.09. The third kappa shape index (κ3) is 3.88. The summed E-state index contributed by atoms with van der Waals surface area (Å²) >= 11 is 7.02. The van der Waals surface area contributed by atoms with Gasteiger partial charge in [-0.2, -0.15) is 4.80 Å². The Morgan fingerprint density at radius 3 is 2.79 bits per heavy atom. The molecule has 4 rings (SSSR count). The molecule has 3 heterocycles. The minimum atomic E-state index is -0.848. The zero-order valence-corrected chi connectivity index (χ0v) is 16.3. The zero-order chi connectivity index (χ0) is 20.5. The van der Waals surface area contributed by atoms with E-state index in [0.717, 1.165) is 0 Å². The molecule has 4 aromatic rings. The Bertz CT molecular complexity index is 1250. The molecule has 0 saturated heterocycles. The predicted octanol–water partition coefficient (Wildman–Crippen LogP) is 0.979. The number of thiophene rings is 1. The van der Waals surface area contributed by atoms with Crippen LogP contribution in [0.5, 0.6) is 0 Å². The van der Waals surface area contributed by atoms with Crippen molar-refractivity contribution in [1.29, 1.82) is 0 Å². The highest BCUT2D eigenvalue weighted by atomic mass is 35.5. The molecule has 0 aliphatic carbocycles. The fourth-order valence-corrected chi connectivity index (χ4v) is 3.79. The highest BCUT2D eigenvalue weighted by molar-refractivity contribution is 7.17. The molecule has 3 N–H and O–H groups in total. The molecular weight excluding hydrogens is 418 g/mol. The van der Waals surface area contributed by atoms with E-state index in [4.69, 9.17) is 17.3 Å². The topological polar surface area (TPSA) is 142 Å². The highest BCUT2D eigenvalue weighted by Crippen LogP contribution is 2.20. The first kappa shape index (κ1) is 19.2. The quantitative estimate of drug-likeness (QED) is 0.463. The Morgan fingerprint density at radius 1 is 1.31 bits per heavy atom. The number of tetrazole rings is 1. The molecular formula is C17H14ClN7O3S. The van der Waals surface area contributed by atoms with E-state index in [1.54, 1.807) is 24.3 Å². The van der Waals surface area contributed by atoms with Gasteiger partial charge in [-0.25, -0.2) is 4.98 Å². The average Bonchev–Trinajstić information content (AvgIpc) is 3.32. The van der Waals surface area contributed by atoms with Gasteiger partial charge in [0.05, 0.1) is 30.4 Å². The highest BCUT2D eigenvalue weighted by Gasteiger charge is 2.17. The predicted molar refractivity (Wildman–Crippen MR) is 106 cm³/mol. The maximum atomic E-state index is 12.7. The molecule has 0 unspecified atom stereocenters. The third-order valence-electron chi connectivity index (χ3n) is 4.22. The summed E-state index contributed by atoms with van der Waals surface area (Å²) in [6.45, 7) is 0.0873. The molecule has 0 saturated carbocycles. The van der Waals surface area contributed by atoms with Crippen LogP contribution in [0.25, 0.3) is 10.2 Å². The summed E-state index contributed by atoms with van der Waals surface area (Å²) in [4.78, 5) is 30.1. The van der Waals surface area contributed by atoms with E-state index >= 15 is 0 Å². The van der Waals surface area contributed by atoms with E-state index in [1.807, 2.05) is 0 Å². The molecule has 148 valence electrons. The maximum absolute atomic E-state index is 12.7. The van der Waals surface area contributed by atoms with E-state index in [-0.39, 0.29) is 29.9 Å². The number of hydrogen-bond donors (Lipinski definition) is 2. The van der Waals surface area contributed by atoms with Crippen LogP contribution in [0.1, 0.15) is 27.8 Å². The maximum Gasteiger partial charge on any atom is 0.263 e. The van der Waals surface area contributed by atoms with E-state index in [2.05, 4.69) is 20.4 Å². The van der Waals surface area contributed by atoms with Gasteiger partial charge in [0.1, 0.15) is 10.9 Å². The summed E-state index contributed by atoms with van der Waals surface area (Å²) in [5.41, 5.74) is 5.71. The van der Waals surface area contributed by atoms with Gasteiger partial charge in [0, 0.05) is 10.4 Å². The number of primary amides is 1. The Labute approximate surface area is 172 Å². The second-order valence-electron chi connectivity index (χ2n) is 6.20. The van der Waals surface area contributed by atoms with Crippen molar-refractivity contribution in [2.24, 2.45) is 5.73 Å². The van der Waals surface area contributed by atoms with E-state index < -0.39 is 17.6 Å². The van der Waals surface area contributed by atoms with Gasteiger partial charge in [-0.05, 0) is 22.9 Å². The van der Waals surface area contributed by atoms with Crippen molar-refractivity contribution >= 4 is 39.1 Å². The van der Waals surface area contributed by atoms with Gasteiger partial charge in [0.2, 0.25) is 5.91 Å². The number of aromatic nitrogens is 6. The van der Waals surface area contributed by atoms with Crippen molar-refractivity contribution in [3.05, 3.63) is 68.3 Å². The van der Waals surface area contributed by atoms with Gasteiger partial charge in [0.25, 0.3) is 5.56 Å². The molecule has 10 nitrogen and oxygen atoms in total. The molecule has 0 fully saturated rings. The van der Waals surface area contributed by atoms with Crippen LogP contribution >= 0.6 is 22.9 Å². The molecule has 0 spiro atoms. The summed E-state index contributed by atoms with van der Waals surface area (Å²) < 4.78 is 1.28. The lowest BCUT2D eigenvalue weighted by Crippen LogP contribution is -2.23. The number of amides is 1. The molecule has 1 atom stereocenters. The summed E-state index contributed by atoms with van der Waals surface area (Å²) in [6.07, 6.45) is 0.508. The van der Waals surface area contributed by atoms with Crippen molar-refractivity contribution in [2.75, 3.05) is 0 Å². The number of fused-ring (bicyclic) bond motifs is 1. The monoisotopic (exact) mass is 431 g/mol. The molecule has 29 heavy (non-hydrogen) atoms. The summed E-state index contributed by atoms with van der Waals surface area (Å²) in [7, 11) is 0. The number of halogens is 1. The molecule has 0 aliphatic rings. The lowest BCUT2D eigenvalue weighted by atomic mass is 10.1. The van der Waals surface area contributed by atoms with E-state index in [9.17, 15) is 14.7 Å². The van der Waals surface area contributed by atoms with Crippen LogP contribution in [0.3, 0.4) is 0 Å². The molecule has 0 aliphatic heterocycles. The first-order valence-electron chi connectivity index (χ1n) is 8.39. The van der Waals surface area contributed by atoms with Gasteiger partial charge in [0.15, 0.2) is 5.82 Å². The first-order chi connectivity index (χ1) is 13.9. The van der Waals surface area contributed by atoms with Crippen molar-refractivity contribution in [1.82, 2.24) is 29.8 Å². The number of aliphatic hydroxyl groups is 1. The first-order valence-corrected chi connectivity index (χ1v) is 9.65. The SMILES string of the molecule is NC(=O)c1csc2ncn(Cc3nnn(C[C@H](O)c4ccc(Cl)cc4)n3)c(=O)c12. The number of rotatable bonds is 6.